The predicted molar refractivity (Wildman–Crippen MR) is 50.0 cm³/mol. The first kappa shape index (κ1) is 9.44. The molecule has 2 fully saturated rings. The monoisotopic (exact) mass is 185 g/mol. The molecule has 1 aliphatic heterocycles. The minimum atomic E-state index is -0.793. The second kappa shape index (κ2) is 2.27. The maximum Gasteiger partial charge on any atom is 0.173 e. The van der Waals surface area contributed by atoms with E-state index in [1.165, 1.54) is 0 Å². The van der Waals surface area contributed by atoms with E-state index >= 15 is 0 Å². The molecule has 3 nitrogen and oxygen atoms in total. The summed E-state index contributed by atoms with van der Waals surface area (Å²) in [6, 6.07) is 0. The van der Waals surface area contributed by atoms with Gasteiger partial charge in [0.2, 0.25) is 0 Å². The summed E-state index contributed by atoms with van der Waals surface area (Å²) in [5.74, 6) is 0. The summed E-state index contributed by atoms with van der Waals surface area (Å²) >= 11 is 0. The van der Waals surface area contributed by atoms with Gasteiger partial charge in [0.05, 0.1) is 12.1 Å². The van der Waals surface area contributed by atoms with Gasteiger partial charge in [-0.3, -0.25) is 0 Å². The number of fused-ring (bicyclic) bond motifs is 2. The lowest BCUT2D eigenvalue weighted by Gasteiger charge is -2.52. The van der Waals surface area contributed by atoms with Crippen molar-refractivity contribution in [1.82, 2.24) is 0 Å². The lowest BCUT2D eigenvalue weighted by Crippen LogP contribution is -2.65. The molecule has 3 unspecified atom stereocenters. The van der Waals surface area contributed by atoms with Crippen LogP contribution in [-0.4, -0.2) is 23.5 Å². The van der Waals surface area contributed by atoms with Gasteiger partial charge in [-0.1, -0.05) is 20.8 Å². The molecule has 2 rings (SSSR count). The molecule has 2 bridgehead atoms. The first-order valence-corrected chi connectivity index (χ1v) is 4.92. The van der Waals surface area contributed by atoms with Crippen LogP contribution in [0.2, 0.25) is 0 Å². The summed E-state index contributed by atoms with van der Waals surface area (Å²) in [5, 5.41) is 9.76. The minimum absolute atomic E-state index is 0.0440. The van der Waals surface area contributed by atoms with Crippen LogP contribution >= 0.6 is 0 Å². The van der Waals surface area contributed by atoms with Crippen LogP contribution in [-0.2, 0) is 4.74 Å². The smallest absolute Gasteiger partial charge is 0.173 e. The first-order valence-electron chi connectivity index (χ1n) is 4.92. The summed E-state index contributed by atoms with van der Waals surface area (Å²) < 4.78 is 5.34. The van der Waals surface area contributed by atoms with Crippen molar-refractivity contribution in [2.75, 3.05) is 6.61 Å². The Morgan fingerprint density at radius 1 is 1.31 bits per heavy atom. The summed E-state index contributed by atoms with van der Waals surface area (Å²) in [6.07, 6.45) is 1.11. The van der Waals surface area contributed by atoms with Gasteiger partial charge in [-0.25, -0.2) is 0 Å². The summed E-state index contributed by atoms with van der Waals surface area (Å²) in [4.78, 5) is 0. The van der Waals surface area contributed by atoms with Crippen molar-refractivity contribution in [3.8, 4) is 0 Å². The van der Waals surface area contributed by atoms with E-state index in [-0.39, 0.29) is 10.8 Å². The maximum atomic E-state index is 9.76. The number of aliphatic hydroxyl groups is 1. The summed E-state index contributed by atoms with van der Waals surface area (Å²) in [7, 11) is 0. The van der Waals surface area contributed by atoms with Crippen LogP contribution in [0, 0.1) is 10.8 Å². The van der Waals surface area contributed by atoms with Gasteiger partial charge in [-0.05, 0) is 23.7 Å². The Bertz CT molecular complexity index is 234. The molecule has 3 atom stereocenters. The molecule has 0 aromatic rings. The fourth-order valence-electron chi connectivity index (χ4n) is 2.77. The highest BCUT2D eigenvalue weighted by molar-refractivity contribution is 5.15. The van der Waals surface area contributed by atoms with Crippen LogP contribution < -0.4 is 5.73 Å². The summed E-state index contributed by atoms with van der Waals surface area (Å²) in [6.45, 7) is 7.12. The minimum Gasteiger partial charge on any atom is -0.366 e. The third-order valence-corrected chi connectivity index (χ3v) is 4.76. The number of hydrogen-bond acceptors (Lipinski definition) is 3. The van der Waals surface area contributed by atoms with E-state index in [1.807, 2.05) is 0 Å². The topological polar surface area (TPSA) is 55.5 Å². The Balaban J connectivity index is 2.46. The molecule has 1 aliphatic carbocycles. The lowest BCUT2D eigenvalue weighted by atomic mass is 9.61. The van der Waals surface area contributed by atoms with Gasteiger partial charge in [0, 0.05) is 0 Å². The molecule has 2 aliphatic rings. The van der Waals surface area contributed by atoms with Crippen LogP contribution in [0.3, 0.4) is 0 Å². The van der Waals surface area contributed by atoms with E-state index in [0.717, 1.165) is 12.8 Å². The van der Waals surface area contributed by atoms with Gasteiger partial charge < -0.3 is 15.6 Å². The molecule has 3 heteroatoms. The van der Waals surface area contributed by atoms with E-state index in [9.17, 15) is 5.11 Å². The van der Waals surface area contributed by atoms with Gasteiger partial charge >= 0.3 is 0 Å². The second-order valence-electron chi connectivity index (χ2n) is 5.39. The normalized spacial score (nSPS) is 53.8. The van der Waals surface area contributed by atoms with Crippen LogP contribution in [0.1, 0.15) is 33.6 Å². The predicted octanol–water partition coefficient (Wildman–Crippen LogP) is 0.859. The molecular formula is C10H19NO2. The molecule has 1 saturated carbocycles. The molecule has 0 radical (unpaired) electrons. The number of rotatable bonds is 0. The zero-order valence-electron chi connectivity index (χ0n) is 8.63. The molecule has 1 heterocycles. The first-order chi connectivity index (χ1) is 5.83. The Morgan fingerprint density at radius 2 is 1.92 bits per heavy atom. The number of aliphatic hydroxyl groups excluding tert-OH is 1. The van der Waals surface area contributed by atoms with Crippen molar-refractivity contribution in [2.24, 2.45) is 16.6 Å². The standard InChI is InChI=1S/C10H19NO2/c1-8(2)9(3)4-5-10(8,11)7(12)13-6-9/h7,12H,4-6,11H2,1-3H3. The van der Waals surface area contributed by atoms with Crippen molar-refractivity contribution < 1.29 is 9.84 Å². The van der Waals surface area contributed by atoms with E-state index < -0.39 is 11.8 Å². The quantitative estimate of drug-likeness (QED) is 0.588. The van der Waals surface area contributed by atoms with Crippen molar-refractivity contribution >= 4 is 0 Å². The highest BCUT2D eigenvalue weighted by Crippen LogP contribution is 2.60. The van der Waals surface area contributed by atoms with E-state index in [4.69, 9.17) is 10.5 Å². The number of hydrogen-bond donors (Lipinski definition) is 2. The summed E-state index contributed by atoms with van der Waals surface area (Å²) in [5.41, 5.74) is 5.76. The molecule has 3 N–H and O–H groups in total. The average molecular weight is 185 g/mol. The third kappa shape index (κ3) is 0.853. The van der Waals surface area contributed by atoms with Crippen molar-refractivity contribution in [3.05, 3.63) is 0 Å². The Morgan fingerprint density at radius 3 is 2.46 bits per heavy atom. The molecule has 0 spiro atoms. The van der Waals surface area contributed by atoms with Gasteiger partial charge in [-0.2, -0.15) is 0 Å². The van der Waals surface area contributed by atoms with Gasteiger partial charge in [-0.15, -0.1) is 0 Å². The number of ether oxygens (including phenoxy) is 1. The van der Waals surface area contributed by atoms with Crippen molar-refractivity contribution in [3.63, 3.8) is 0 Å². The van der Waals surface area contributed by atoms with Gasteiger partial charge in [0.15, 0.2) is 6.29 Å². The molecule has 13 heavy (non-hydrogen) atoms. The Labute approximate surface area is 79.3 Å². The fraction of sp³-hybridized carbons (Fsp3) is 1.00. The van der Waals surface area contributed by atoms with Crippen LogP contribution in [0.4, 0.5) is 0 Å². The molecule has 1 saturated heterocycles. The van der Waals surface area contributed by atoms with Crippen LogP contribution in [0.5, 0.6) is 0 Å². The maximum absolute atomic E-state index is 9.76. The van der Waals surface area contributed by atoms with E-state index in [1.54, 1.807) is 0 Å². The fourth-order valence-corrected chi connectivity index (χ4v) is 2.77. The van der Waals surface area contributed by atoms with E-state index in [0.29, 0.717) is 6.61 Å². The second-order valence-corrected chi connectivity index (χ2v) is 5.39. The van der Waals surface area contributed by atoms with Crippen molar-refractivity contribution in [2.45, 2.75) is 45.4 Å². The SMILES string of the molecule is CC12CCC(N)(C(O)OC1)C2(C)C. The van der Waals surface area contributed by atoms with E-state index in [2.05, 4.69) is 20.8 Å². The zero-order chi connectivity index (χ0) is 9.91. The van der Waals surface area contributed by atoms with Crippen LogP contribution in [0.25, 0.3) is 0 Å². The highest BCUT2D eigenvalue weighted by Gasteiger charge is 2.65. The Hall–Kier alpha value is -0.120. The van der Waals surface area contributed by atoms with Gasteiger partial charge in [0.1, 0.15) is 0 Å². The van der Waals surface area contributed by atoms with Crippen molar-refractivity contribution in [1.29, 1.82) is 0 Å². The average Bonchev–Trinajstić information content (AvgIpc) is 2.20. The molecule has 76 valence electrons. The largest absolute Gasteiger partial charge is 0.366 e. The Kier molecular flexibility index (Phi) is 1.65. The molecule has 0 aromatic carbocycles. The zero-order valence-corrected chi connectivity index (χ0v) is 8.63. The van der Waals surface area contributed by atoms with Crippen LogP contribution in [0.15, 0.2) is 0 Å². The highest BCUT2D eigenvalue weighted by atomic mass is 16.6. The number of nitrogens with two attached hydrogens (primary N) is 1. The lowest BCUT2D eigenvalue weighted by molar-refractivity contribution is -0.231. The molecule has 0 amide bonds. The molecular weight excluding hydrogens is 166 g/mol. The third-order valence-electron chi connectivity index (χ3n) is 4.76. The molecule has 0 aromatic heterocycles. The van der Waals surface area contributed by atoms with Gasteiger partial charge in [0.25, 0.3) is 0 Å².